The maximum absolute atomic E-state index is 13.9. The summed E-state index contributed by atoms with van der Waals surface area (Å²) in [5.41, 5.74) is 5.62. The summed E-state index contributed by atoms with van der Waals surface area (Å²) in [5.74, 6) is -0.0583. The number of benzene rings is 3. The number of carbonyl (C=O) groups is 2. The van der Waals surface area contributed by atoms with Gasteiger partial charge in [-0.05, 0) is 55.7 Å². The number of carbonyl (C=O) groups excluding carboxylic acids is 2. The zero-order chi connectivity index (χ0) is 26.6. The van der Waals surface area contributed by atoms with Crippen molar-refractivity contribution < 1.29 is 9.59 Å². The van der Waals surface area contributed by atoms with Gasteiger partial charge < -0.3 is 10.2 Å². The zero-order valence-corrected chi connectivity index (χ0v) is 22.9. The van der Waals surface area contributed by atoms with Crippen LogP contribution in [0.25, 0.3) is 5.69 Å². The van der Waals surface area contributed by atoms with Crippen LogP contribution in [0.1, 0.15) is 34.0 Å². The molecule has 2 amide bonds. The molecule has 1 N–H and O–H groups in total. The predicted octanol–water partition coefficient (Wildman–Crippen LogP) is 5.68. The highest BCUT2D eigenvalue weighted by Crippen LogP contribution is 2.39. The number of nitrogens with zero attached hydrogens (tertiary/aromatic N) is 3. The maximum Gasteiger partial charge on any atom is 0.247 e. The fourth-order valence-corrected chi connectivity index (χ4v) is 5.88. The van der Waals surface area contributed by atoms with Crippen molar-refractivity contribution in [1.82, 2.24) is 20.0 Å². The van der Waals surface area contributed by atoms with E-state index in [2.05, 4.69) is 5.32 Å². The smallest absolute Gasteiger partial charge is 0.247 e. The molecule has 0 saturated carbocycles. The van der Waals surface area contributed by atoms with Crippen molar-refractivity contribution in [3.8, 4) is 5.69 Å². The van der Waals surface area contributed by atoms with Crippen molar-refractivity contribution >= 4 is 35.2 Å². The fourth-order valence-electron chi connectivity index (χ4n) is 4.65. The molecule has 194 valence electrons. The molecular weight excluding hydrogens is 516 g/mol. The molecule has 2 heterocycles. The molecule has 8 heteroatoms. The van der Waals surface area contributed by atoms with E-state index in [9.17, 15) is 9.59 Å². The minimum Gasteiger partial charge on any atom is -0.350 e. The van der Waals surface area contributed by atoms with Gasteiger partial charge in [-0.15, -0.1) is 0 Å². The van der Waals surface area contributed by atoms with E-state index < -0.39 is 6.04 Å². The number of para-hydroxylation sites is 1. The third-order valence-corrected chi connectivity index (χ3v) is 8.00. The first-order valence-electron chi connectivity index (χ1n) is 12.6. The van der Waals surface area contributed by atoms with Crippen LogP contribution in [0.4, 0.5) is 0 Å². The lowest BCUT2D eigenvalue weighted by molar-refractivity contribution is -0.139. The number of thioether (sulfide) groups is 1. The molecular formula is C30H29ClN4O2S. The largest absolute Gasteiger partial charge is 0.350 e. The van der Waals surface area contributed by atoms with Gasteiger partial charge in [-0.3, -0.25) is 9.59 Å². The Bertz CT molecular complexity index is 1440. The zero-order valence-electron chi connectivity index (χ0n) is 21.4. The summed E-state index contributed by atoms with van der Waals surface area (Å²) < 4.78 is 1.85. The highest BCUT2D eigenvalue weighted by atomic mass is 35.5. The first-order valence-corrected chi connectivity index (χ1v) is 13.9. The van der Waals surface area contributed by atoms with E-state index >= 15 is 0 Å². The van der Waals surface area contributed by atoms with Gasteiger partial charge in [-0.25, -0.2) is 4.68 Å². The Morgan fingerprint density at radius 1 is 1.00 bits per heavy atom. The van der Waals surface area contributed by atoms with Crippen LogP contribution in [0.5, 0.6) is 0 Å². The third-order valence-electron chi connectivity index (χ3n) is 6.69. The van der Waals surface area contributed by atoms with E-state index in [-0.39, 0.29) is 17.6 Å². The quantitative estimate of drug-likeness (QED) is 0.325. The first-order chi connectivity index (χ1) is 18.4. The second kappa shape index (κ2) is 11.5. The Balaban J connectivity index is 1.50. The first kappa shape index (κ1) is 26.1. The molecule has 1 aliphatic heterocycles. The molecule has 0 spiro atoms. The number of aromatic nitrogens is 2. The van der Waals surface area contributed by atoms with E-state index in [1.54, 1.807) is 4.90 Å². The topological polar surface area (TPSA) is 67.2 Å². The standard InChI is InChI=1S/C30H29ClN4O2S/c1-20-8-10-23(11-9-20)18-32-29(37)28-27-21(2)33-35(25-6-4-3-5-7-25)30(27)38-19-26(36)34(28)17-16-22-12-14-24(31)15-13-22/h3-15,28H,16-19H2,1-2H3,(H,32,37)/t28-/m1/s1. The predicted molar refractivity (Wildman–Crippen MR) is 152 cm³/mol. The molecule has 3 aromatic carbocycles. The Kier molecular flexibility index (Phi) is 7.86. The second-order valence-electron chi connectivity index (χ2n) is 9.41. The van der Waals surface area contributed by atoms with E-state index in [0.717, 1.165) is 38.7 Å². The minimum absolute atomic E-state index is 0.0744. The summed E-state index contributed by atoms with van der Waals surface area (Å²) >= 11 is 7.50. The highest BCUT2D eigenvalue weighted by molar-refractivity contribution is 8.00. The monoisotopic (exact) mass is 544 g/mol. The SMILES string of the molecule is Cc1ccc(CNC(=O)[C@H]2c3c(C)nn(-c4ccccc4)c3SCC(=O)N2CCc2ccc(Cl)cc2)cc1. The van der Waals surface area contributed by atoms with Crippen LogP contribution in [-0.2, 0) is 22.6 Å². The van der Waals surface area contributed by atoms with Crippen LogP contribution in [0.15, 0.2) is 83.9 Å². The van der Waals surface area contributed by atoms with Crippen LogP contribution in [-0.4, -0.2) is 38.8 Å². The summed E-state index contributed by atoms with van der Waals surface area (Å²) in [6.45, 7) is 4.72. The third kappa shape index (κ3) is 5.64. The van der Waals surface area contributed by atoms with Crippen molar-refractivity contribution in [1.29, 1.82) is 0 Å². The second-order valence-corrected chi connectivity index (χ2v) is 10.8. The number of hydrogen-bond donors (Lipinski definition) is 1. The van der Waals surface area contributed by atoms with Crippen molar-refractivity contribution in [2.45, 2.75) is 37.9 Å². The molecule has 1 atom stereocenters. The Morgan fingerprint density at radius 3 is 2.39 bits per heavy atom. The van der Waals surface area contributed by atoms with Gasteiger partial charge in [0.1, 0.15) is 11.1 Å². The van der Waals surface area contributed by atoms with Crippen LogP contribution in [0.2, 0.25) is 5.02 Å². The molecule has 38 heavy (non-hydrogen) atoms. The van der Waals surface area contributed by atoms with Crippen molar-refractivity contribution in [2.75, 3.05) is 12.3 Å². The lowest BCUT2D eigenvalue weighted by atomic mass is 10.0. The normalized spacial score (nSPS) is 15.2. The lowest BCUT2D eigenvalue weighted by Gasteiger charge is -2.30. The van der Waals surface area contributed by atoms with E-state index in [0.29, 0.717) is 24.5 Å². The van der Waals surface area contributed by atoms with Gasteiger partial charge in [-0.1, -0.05) is 83.5 Å². The van der Waals surface area contributed by atoms with Crippen LogP contribution in [0, 0.1) is 13.8 Å². The highest BCUT2D eigenvalue weighted by Gasteiger charge is 2.39. The molecule has 0 bridgehead atoms. The summed E-state index contributed by atoms with van der Waals surface area (Å²) in [6, 6.07) is 24.7. The minimum atomic E-state index is -0.789. The number of halogens is 1. The average Bonchev–Trinajstić information content (AvgIpc) is 3.17. The maximum atomic E-state index is 13.9. The van der Waals surface area contributed by atoms with Gasteiger partial charge in [0.25, 0.3) is 0 Å². The summed E-state index contributed by atoms with van der Waals surface area (Å²) in [7, 11) is 0. The molecule has 0 unspecified atom stereocenters. The summed E-state index contributed by atoms with van der Waals surface area (Å²) in [5, 5.41) is 9.40. The van der Waals surface area contributed by atoms with Gasteiger partial charge in [0.05, 0.1) is 17.1 Å². The molecule has 0 saturated heterocycles. The molecule has 0 fully saturated rings. The molecule has 0 aliphatic carbocycles. The van der Waals surface area contributed by atoms with Gasteiger partial charge in [0.15, 0.2) is 0 Å². The molecule has 5 rings (SSSR count). The van der Waals surface area contributed by atoms with E-state index in [1.807, 2.05) is 97.4 Å². The van der Waals surface area contributed by atoms with Gasteiger partial charge in [0, 0.05) is 23.7 Å². The van der Waals surface area contributed by atoms with Crippen LogP contribution < -0.4 is 5.32 Å². The fraction of sp³-hybridized carbons (Fsp3) is 0.233. The number of hydrogen-bond acceptors (Lipinski definition) is 4. The van der Waals surface area contributed by atoms with Crippen molar-refractivity contribution in [3.05, 3.63) is 112 Å². The van der Waals surface area contributed by atoms with E-state index in [4.69, 9.17) is 16.7 Å². The van der Waals surface area contributed by atoms with Crippen LogP contribution >= 0.6 is 23.4 Å². The lowest BCUT2D eigenvalue weighted by Crippen LogP contribution is -2.44. The molecule has 0 radical (unpaired) electrons. The average molecular weight is 545 g/mol. The molecule has 1 aromatic heterocycles. The molecule has 4 aromatic rings. The van der Waals surface area contributed by atoms with Gasteiger partial charge in [0.2, 0.25) is 11.8 Å². The van der Waals surface area contributed by atoms with Gasteiger partial charge >= 0.3 is 0 Å². The number of fused-ring (bicyclic) bond motifs is 1. The van der Waals surface area contributed by atoms with Crippen molar-refractivity contribution in [2.24, 2.45) is 0 Å². The van der Waals surface area contributed by atoms with Crippen molar-refractivity contribution in [3.63, 3.8) is 0 Å². The Hall–Kier alpha value is -3.55. The molecule has 6 nitrogen and oxygen atoms in total. The van der Waals surface area contributed by atoms with Gasteiger partial charge in [-0.2, -0.15) is 5.10 Å². The van der Waals surface area contributed by atoms with E-state index in [1.165, 1.54) is 11.8 Å². The molecule has 1 aliphatic rings. The van der Waals surface area contributed by atoms with Crippen LogP contribution in [0.3, 0.4) is 0 Å². The Morgan fingerprint density at radius 2 is 1.68 bits per heavy atom. The Labute approximate surface area is 232 Å². The summed E-state index contributed by atoms with van der Waals surface area (Å²) in [4.78, 5) is 29.1. The number of aryl methyl sites for hydroxylation is 2. The summed E-state index contributed by atoms with van der Waals surface area (Å²) in [6.07, 6.45) is 0.608. The number of nitrogens with one attached hydrogen (secondary N) is 1. The number of amides is 2. The number of rotatable bonds is 7.